The van der Waals surface area contributed by atoms with Crippen LogP contribution in [0.5, 0.6) is 0 Å². The van der Waals surface area contributed by atoms with E-state index in [1.54, 1.807) is 10.4 Å². The highest BCUT2D eigenvalue weighted by Crippen LogP contribution is 2.03. The number of hydrogen-bond acceptors (Lipinski definition) is 0. The summed E-state index contributed by atoms with van der Waals surface area (Å²) < 4.78 is 0. The van der Waals surface area contributed by atoms with E-state index in [4.69, 9.17) is 0 Å². The lowest BCUT2D eigenvalue weighted by molar-refractivity contribution is 1.51. The summed E-state index contributed by atoms with van der Waals surface area (Å²) in [7, 11) is 0.102. The molecule has 0 nitrogen and oxygen atoms in total. The van der Waals surface area contributed by atoms with Gasteiger partial charge in [-0.3, -0.25) is 0 Å². The summed E-state index contributed by atoms with van der Waals surface area (Å²) >= 11 is 0. The van der Waals surface area contributed by atoms with Gasteiger partial charge in [-0.1, -0.05) is 53.8 Å². The summed E-state index contributed by atoms with van der Waals surface area (Å²) in [5, 5.41) is 3.30. The minimum absolute atomic E-state index is 1.09. The molecular weight excluding hydrogens is 176 g/mol. The van der Waals surface area contributed by atoms with Crippen LogP contribution in [-0.4, -0.2) is 18.3 Å². The van der Waals surface area contributed by atoms with Crippen LogP contribution in [0.3, 0.4) is 0 Å². The lowest BCUT2D eigenvalue weighted by Crippen LogP contribution is -2.48. The van der Waals surface area contributed by atoms with Crippen LogP contribution in [0.2, 0.25) is 19.6 Å². The van der Waals surface area contributed by atoms with Crippen LogP contribution in [0.1, 0.15) is 5.56 Å². The molecule has 0 heterocycles. The lowest BCUT2D eigenvalue weighted by atomic mass is 10.2. The fourth-order valence-corrected chi connectivity index (χ4v) is 7.37. The summed E-state index contributed by atoms with van der Waals surface area (Å²) in [6.45, 7) is 9.53. The Kier molecular flexibility index (Phi) is 2.59. The van der Waals surface area contributed by atoms with Crippen LogP contribution in [0.15, 0.2) is 18.2 Å². The first-order valence-corrected chi connectivity index (χ1v) is 8.99. The minimum atomic E-state index is -1.09. The molecule has 1 aromatic rings. The quantitative estimate of drug-likeness (QED) is 0.572. The molecule has 0 fully saturated rings. The molecule has 0 aliphatic rings. The average Bonchev–Trinajstić information content (AvgIpc) is 1.82. The molecule has 0 atom stereocenters. The highest BCUT2D eigenvalue weighted by molar-refractivity contribution is 6.91. The Labute approximate surface area is 79.4 Å². The van der Waals surface area contributed by atoms with Crippen LogP contribution < -0.4 is 10.4 Å². The zero-order valence-corrected chi connectivity index (χ0v) is 11.7. The van der Waals surface area contributed by atoms with E-state index < -0.39 is 8.07 Å². The normalized spacial score (nSPS) is 12.0. The van der Waals surface area contributed by atoms with E-state index in [0.717, 1.165) is 0 Å². The van der Waals surface area contributed by atoms with Crippen LogP contribution in [-0.2, 0) is 0 Å². The van der Waals surface area contributed by atoms with Crippen LogP contribution in [0.25, 0.3) is 0 Å². The number of hydrogen-bond donors (Lipinski definition) is 0. The second-order valence-corrected chi connectivity index (χ2v) is 10.6. The molecular formula is C10H18Si2. The monoisotopic (exact) mass is 194 g/mol. The molecule has 0 bridgehead atoms. The second kappa shape index (κ2) is 3.19. The fraction of sp³-hybridized carbons (Fsp3) is 0.400. The van der Waals surface area contributed by atoms with E-state index in [0.29, 0.717) is 0 Å². The predicted octanol–water partition coefficient (Wildman–Crippen LogP) is 0.531. The zero-order valence-electron chi connectivity index (χ0n) is 8.73. The molecule has 0 aromatic heterocycles. The fourth-order valence-electron chi connectivity index (χ4n) is 2.00. The number of benzene rings is 1. The largest absolute Gasteiger partial charge is 0.0777 e. The van der Waals surface area contributed by atoms with Gasteiger partial charge in [-0.25, -0.2) is 0 Å². The van der Waals surface area contributed by atoms with Crippen molar-refractivity contribution in [3.63, 3.8) is 0 Å². The van der Waals surface area contributed by atoms with Crippen molar-refractivity contribution in [2.24, 2.45) is 0 Å². The van der Waals surface area contributed by atoms with Crippen LogP contribution in [0, 0.1) is 6.92 Å². The first-order valence-electron chi connectivity index (χ1n) is 4.49. The Hall–Kier alpha value is -0.346. The molecule has 12 heavy (non-hydrogen) atoms. The molecule has 0 N–H and O–H groups in total. The van der Waals surface area contributed by atoms with Crippen molar-refractivity contribution in [1.82, 2.24) is 0 Å². The first kappa shape index (κ1) is 9.74. The molecule has 1 rings (SSSR count). The number of aryl methyl sites for hydroxylation is 1. The number of rotatable bonds is 1. The molecule has 2 heteroatoms. The minimum Gasteiger partial charge on any atom is -0.0712 e. The third-order valence-electron chi connectivity index (χ3n) is 2.23. The van der Waals surface area contributed by atoms with Gasteiger partial charge in [0.2, 0.25) is 0 Å². The Bertz CT molecular complexity index is 264. The zero-order chi connectivity index (χ0) is 9.35. The van der Waals surface area contributed by atoms with Crippen LogP contribution >= 0.6 is 0 Å². The Morgan fingerprint density at radius 1 is 1.17 bits per heavy atom. The van der Waals surface area contributed by atoms with Gasteiger partial charge in [-0.05, 0) is 6.92 Å². The van der Waals surface area contributed by atoms with Gasteiger partial charge < -0.3 is 0 Å². The van der Waals surface area contributed by atoms with Crippen molar-refractivity contribution in [1.29, 1.82) is 0 Å². The topological polar surface area (TPSA) is 0 Å². The lowest BCUT2D eigenvalue weighted by Gasteiger charge is -2.22. The van der Waals surface area contributed by atoms with Gasteiger partial charge in [-0.15, -0.1) is 0 Å². The standard InChI is InChI=1S/C10H18Si2/c1-8-6-5-7-9(11)10(8)12(2,3)4/h5-7H,1-4,11H3. The highest BCUT2D eigenvalue weighted by atomic mass is 28.3. The van der Waals surface area contributed by atoms with E-state index in [1.807, 2.05) is 0 Å². The van der Waals surface area contributed by atoms with Crippen molar-refractivity contribution in [3.05, 3.63) is 23.8 Å². The molecule has 0 saturated carbocycles. The first-order chi connectivity index (χ1) is 5.43. The summed E-state index contributed by atoms with van der Waals surface area (Å²) in [5.74, 6) is 0. The van der Waals surface area contributed by atoms with Gasteiger partial charge in [0.05, 0.1) is 8.07 Å². The van der Waals surface area contributed by atoms with Crippen molar-refractivity contribution >= 4 is 28.7 Å². The van der Waals surface area contributed by atoms with Gasteiger partial charge in [-0.2, -0.15) is 0 Å². The van der Waals surface area contributed by atoms with Crippen molar-refractivity contribution < 1.29 is 0 Å². The van der Waals surface area contributed by atoms with E-state index >= 15 is 0 Å². The second-order valence-electron chi connectivity index (χ2n) is 4.52. The summed E-state index contributed by atoms with van der Waals surface area (Å²) in [4.78, 5) is 0. The van der Waals surface area contributed by atoms with Gasteiger partial charge >= 0.3 is 0 Å². The van der Waals surface area contributed by atoms with Gasteiger partial charge in [0.25, 0.3) is 0 Å². The van der Waals surface area contributed by atoms with E-state index in [9.17, 15) is 0 Å². The van der Waals surface area contributed by atoms with E-state index in [1.165, 1.54) is 15.8 Å². The molecule has 0 spiro atoms. The SMILES string of the molecule is Cc1cccc([SiH3])c1[Si](C)(C)C. The van der Waals surface area contributed by atoms with E-state index in [-0.39, 0.29) is 0 Å². The Morgan fingerprint density at radius 2 is 1.75 bits per heavy atom. The maximum Gasteiger partial charge on any atom is 0.0777 e. The van der Waals surface area contributed by atoms with Crippen LogP contribution in [0.4, 0.5) is 0 Å². The predicted molar refractivity (Wildman–Crippen MR) is 63.7 cm³/mol. The Morgan fingerprint density at radius 3 is 2.08 bits per heavy atom. The summed E-state index contributed by atoms with van der Waals surface area (Å²) in [6.07, 6.45) is 0. The highest BCUT2D eigenvalue weighted by Gasteiger charge is 2.19. The average molecular weight is 194 g/mol. The molecule has 1 aromatic carbocycles. The smallest absolute Gasteiger partial charge is 0.0712 e. The van der Waals surface area contributed by atoms with Crippen molar-refractivity contribution in [3.8, 4) is 0 Å². The molecule has 0 saturated heterocycles. The summed E-state index contributed by atoms with van der Waals surface area (Å²) in [6, 6.07) is 6.71. The molecule has 0 unspecified atom stereocenters. The molecule has 0 aliphatic carbocycles. The molecule has 0 aliphatic heterocycles. The molecule has 0 amide bonds. The maximum absolute atomic E-state index is 2.43. The van der Waals surface area contributed by atoms with Gasteiger partial charge in [0.1, 0.15) is 0 Å². The molecule has 0 radical (unpaired) electrons. The van der Waals surface area contributed by atoms with Gasteiger partial charge in [0.15, 0.2) is 0 Å². The third kappa shape index (κ3) is 1.87. The maximum atomic E-state index is 2.43. The van der Waals surface area contributed by atoms with Gasteiger partial charge in [0, 0.05) is 10.2 Å². The Balaban J connectivity index is 3.31. The van der Waals surface area contributed by atoms with Crippen molar-refractivity contribution in [2.45, 2.75) is 26.6 Å². The summed E-state index contributed by atoms with van der Waals surface area (Å²) in [5.41, 5.74) is 1.50. The molecule has 66 valence electrons. The van der Waals surface area contributed by atoms with E-state index in [2.05, 4.69) is 44.8 Å². The van der Waals surface area contributed by atoms with Crippen molar-refractivity contribution in [2.75, 3.05) is 0 Å². The third-order valence-corrected chi connectivity index (χ3v) is 5.85.